The number of aromatic nitrogens is 3. The van der Waals surface area contributed by atoms with Crippen LogP contribution in [0.1, 0.15) is 98.1 Å². The highest BCUT2D eigenvalue weighted by molar-refractivity contribution is 6.33. The molecule has 2 amide bonds. The van der Waals surface area contributed by atoms with Gasteiger partial charge >= 0.3 is 6.09 Å². The number of benzene rings is 1. The van der Waals surface area contributed by atoms with E-state index >= 15 is 4.39 Å². The Bertz CT molecular complexity index is 1660. The third-order valence-corrected chi connectivity index (χ3v) is 8.41. The molecule has 44 heavy (non-hydrogen) atoms. The van der Waals surface area contributed by atoms with Gasteiger partial charge in [0.25, 0.3) is 5.91 Å². The number of piperazine rings is 1. The number of aliphatic imine (C=N–C) groups is 1. The standard InChI is InChI=1S/C32H34ClFN6O4/c1-15(2)26-24(27(16(3)4)36-23(14-41)35-26)25-29-20(11-21(33)28(37-29)19-9-7-8-10-22(19)34)30(38-31(25)42)39-12-18(6)40(32(43)44)13-17(39)5/h7-11,14-18,25H,12-13H2,1-6H3,(H,43,44)/t17-,18+,25?/m0/s1. The summed E-state index contributed by atoms with van der Waals surface area (Å²) in [4.78, 5) is 59.7. The van der Waals surface area contributed by atoms with E-state index in [-0.39, 0.29) is 59.1 Å². The minimum Gasteiger partial charge on any atom is -0.465 e. The molecule has 5 rings (SSSR count). The first-order chi connectivity index (χ1) is 20.8. The molecule has 12 heteroatoms. The van der Waals surface area contributed by atoms with Crippen molar-refractivity contribution in [3.63, 3.8) is 0 Å². The summed E-state index contributed by atoms with van der Waals surface area (Å²) in [5.74, 6) is -2.13. The molecule has 1 saturated heterocycles. The molecule has 3 aromatic rings. The van der Waals surface area contributed by atoms with Gasteiger partial charge in [0, 0.05) is 41.9 Å². The van der Waals surface area contributed by atoms with E-state index in [4.69, 9.17) is 16.6 Å². The highest BCUT2D eigenvalue weighted by atomic mass is 35.5. The fourth-order valence-corrected chi connectivity index (χ4v) is 6.26. The molecule has 0 aliphatic carbocycles. The van der Waals surface area contributed by atoms with Gasteiger partial charge in [0.05, 0.1) is 27.8 Å². The maximum Gasteiger partial charge on any atom is 0.407 e. The van der Waals surface area contributed by atoms with Crippen molar-refractivity contribution in [3.8, 4) is 11.3 Å². The van der Waals surface area contributed by atoms with E-state index in [1.807, 2.05) is 39.5 Å². The molecule has 4 heterocycles. The number of amidine groups is 1. The van der Waals surface area contributed by atoms with Gasteiger partial charge in [-0.2, -0.15) is 4.99 Å². The van der Waals surface area contributed by atoms with Gasteiger partial charge in [0.15, 0.2) is 12.1 Å². The lowest BCUT2D eigenvalue weighted by Crippen LogP contribution is -2.60. The summed E-state index contributed by atoms with van der Waals surface area (Å²) in [7, 11) is 0. The number of halogens is 2. The molecule has 1 fully saturated rings. The van der Waals surface area contributed by atoms with Crippen molar-refractivity contribution < 1.29 is 23.9 Å². The van der Waals surface area contributed by atoms with Gasteiger partial charge in [0.1, 0.15) is 17.6 Å². The average Bonchev–Trinajstić information content (AvgIpc) is 2.97. The number of amides is 2. The van der Waals surface area contributed by atoms with E-state index < -0.39 is 23.7 Å². The number of aldehydes is 1. The summed E-state index contributed by atoms with van der Waals surface area (Å²) < 4.78 is 15.1. The predicted molar refractivity (Wildman–Crippen MR) is 164 cm³/mol. The fraction of sp³-hybridized carbons (Fsp3) is 0.406. The smallest absolute Gasteiger partial charge is 0.407 e. The number of carboxylic acid groups (broad SMARTS) is 1. The highest BCUT2D eigenvalue weighted by Gasteiger charge is 2.42. The van der Waals surface area contributed by atoms with Crippen LogP contribution in [0.2, 0.25) is 5.02 Å². The van der Waals surface area contributed by atoms with E-state index in [0.717, 1.165) is 0 Å². The van der Waals surface area contributed by atoms with Crippen LogP contribution in [0.15, 0.2) is 35.3 Å². The maximum absolute atomic E-state index is 15.1. The molecule has 2 aliphatic rings. The van der Waals surface area contributed by atoms with Gasteiger partial charge < -0.3 is 14.9 Å². The topological polar surface area (TPSA) is 129 Å². The van der Waals surface area contributed by atoms with Crippen molar-refractivity contribution in [1.82, 2.24) is 24.8 Å². The van der Waals surface area contributed by atoms with E-state index in [0.29, 0.717) is 40.3 Å². The molecule has 0 bridgehead atoms. The van der Waals surface area contributed by atoms with Crippen LogP contribution in [0.4, 0.5) is 9.18 Å². The lowest BCUT2D eigenvalue weighted by Gasteiger charge is -2.45. The zero-order chi connectivity index (χ0) is 32.0. The summed E-state index contributed by atoms with van der Waals surface area (Å²) in [6, 6.07) is 7.07. The van der Waals surface area contributed by atoms with Crippen LogP contribution in [-0.4, -0.2) is 79.2 Å². The Morgan fingerprint density at radius 1 is 1.02 bits per heavy atom. The SMILES string of the molecule is CC(C)c1nc(C=O)nc(C(C)C)c1C1C(=O)N=C(N2C[C@@H](C)N(C(=O)O)C[C@@H]2C)c2cc(Cl)c(-c3ccccc3F)nc21. The maximum atomic E-state index is 15.1. The second-order valence-corrected chi connectivity index (χ2v) is 12.3. The van der Waals surface area contributed by atoms with Crippen LogP contribution in [0.25, 0.3) is 11.3 Å². The zero-order valence-corrected chi connectivity index (χ0v) is 26.1. The van der Waals surface area contributed by atoms with Gasteiger partial charge in [-0.25, -0.2) is 24.1 Å². The Hall–Kier alpha value is -4.25. The first kappa shape index (κ1) is 31.2. The zero-order valence-electron chi connectivity index (χ0n) is 25.4. The number of nitrogens with zero attached hydrogens (tertiary/aromatic N) is 6. The van der Waals surface area contributed by atoms with Crippen LogP contribution >= 0.6 is 11.6 Å². The molecule has 2 aliphatic heterocycles. The van der Waals surface area contributed by atoms with Crippen LogP contribution in [-0.2, 0) is 4.79 Å². The summed E-state index contributed by atoms with van der Waals surface area (Å²) in [5.41, 5.74) is 2.70. The van der Waals surface area contributed by atoms with E-state index in [1.54, 1.807) is 31.2 Å². The van der Waals surface area contributed by atoms with Crippen LogP contribution in [0.5, 0.6) is 0 Å². The lowest BCUT2D eigenvalue weighted by molar-refractivity contribution is -0.118. The Balaban J connectivity index is 1.79. The molecule has 1 aromatic carbocycles. The summed E-state index contributed by atoms with van der Waals surface area (Å²) in [5, 5.41) is 9.86. The number of hydrogen-bond acceptors (Lipinski definition) is 7. The Kier molecular flexibility index (Phi) is 8.53. The highest BCUT2D eigenvalue weighted by Crippen LogP contribution is 2.42. The van der Waals surface area contributed by atoms with Crippen molar-refractivity contribution in [2.75, 3.05) is 13.1 Å². The first-order valence-electron chi connectivity index (χ1n) is 14.5. The molecule has 1 N–H and O–H groups in total. The van der Waals surface area contributed by atoms with Crippen molar-refractivity contribution in [3.05, 3.63) is 75.2 Å². The molecular weight excluding hydrogens is 587 g/mol. The molecule has 10 nitrogen and oxygen atoms in total. The molecule has 0 spiro atoms. The minimum atomic E-state index is -1.06. The van der Waals surface area contributed by atoms with Crippen molar-refractivity contribution in [2.45, 2.75) is 71.4 Å². The summed E-state index contributed by atoms with van der Waals surface area (Å²) >= 11 is 6.80. The number of carbonyl (C=O) groups excluding carboxylic acids is 2. The monoisotopic (exact) mass is 620 g/mol. The van der Waals surface area contributed by atoms with E-state index in [9.17, 15) is 19.5 Å². The quantitative estimate of drug-likeness (QED) is 0.350. The van der Waals surface area contributed by atoms with Crippen LogP contribution in [0, 0.1) is 5.82 Å². The number of pyridine rings is 1. The Morgan fingerprint density at radius 3 is 2.23 bits per heavy atom. The Labute approximate surface area is 260 Å². The van der Waals surface area contributed by atoms with E-state index in [2.05, 4.69) is 15.0 Å². The predicted octanol–water partition coefficient (Wildman–Crippen LogP) is 5.88. The number of carbonyl (C=O) groups is 3. The van der Waals surface area contributed by atoms with Crippen LogP contribution in [0.3, 0.4) is 0 Å². The summed E-state index contributed by atoms with van der Waals surface area (Å²) in [6.07, 6.45) is -0.436. The Morgan fingerprint density at radius 2 is 1.66 bits per heavy atom. The summed E-state index contributed by atoms with van der Waals surface area (Å²) in [6.45, 7) is 11.8. The number of fused-ring (bicyclic) bond motifs is 1. The number of rotatable bonds is 5. The van der Waals surface area contributed by atoms with Crippen molar-refractivity contribution in [1.29, 1.82) is 0 Å². The van der Waals surface area contributed by atoms with Gasteiger partial charge in [-0.1, -0.05) is 51.4 Å². The van der Waals surface area contributed by atoms with Crippen LogP contribution < -0.4 is 0 Å². The molecule has 3 atom stereocenters. The fourth-order valence-electron chi connectivity index (χ4n) is 6.01. The molecular formula is C32H34ClFN6O4. The second-order valence-electron chi connectivity index (χ2n) is 11.9. The molecule has 0 saturated carbocycles. The molecule has 0 radical (unpaired) electrons. The van der Waals surface area contributed by atoms with Gasteiger partial charge in [-0.05, 0) is 43.9 Å². The average molecular weight is 621 g/mol. The second kappa shape index (κ2) is 12.0. The van der Waals surface area contributed by atoms with Gasteiger partial charge in [0.2, 0.25) is 0 Å². The number of hydrogen-bond donors (Lipinski definition) is 1. The largest absolute Gasteiger partial charge is 0.465 e. The third kappa shape index (κ3) is 5.45. The van der Waals surface area contributed by atoms with Gasteiger partial charge in [-0.3, -0.25) is 9.59 Å². The van der Waals surface area contributed by atoms with Crippen molar-refractivity contribution >= 4 is 35.7 Å². The molecule has 2 aromatic heterocycles. The van der Waals surface area contributed by atoms with Crippen molar-refractivity contribution in [2.24, 2.45) is 4.99 Å². The minimum absolute atomic E-state index is 0.0176. The van der Waals surface area contributed by atoms with Gasteiger partial charge in [-0.15, -0.1) is 0 Å². The third-order valence-electron chi connectivity index (χ3n) is 8.13. The molecule has 1 unspecified atom stereocenters. The lowest BCUT2D eigenvalue weighted by atomic mass is 9.82. The first-order valence-corrected chi connectivity index (χ1v) is 14.9. The van der Waals surface area contributed by atoms with E-state index in [1.165, 1.54) is 11.0 Å². The molecule has 230 valence electrons. The normalized spacial score (nSPS) is 20.2.